The summed E-state index contributed by atoms with van der Waals surface area (Å²) in [5, 5.41) is 3.62. The first kappa shape index (κ1) is 15.8. The summed E-state index contributed by atoms with van der Waals surface area (Å²) >= 11 is 0. The highest BCUT2D eigenvalue weighted by atomic mass is 16.3. The first-order chi connectivity index (χ1) is 10.2. The summed E-state index contributed by atoms with van der Waals surface area (Å²) in [5.41, 5.74) is 2.59. The molecule has 0 aliphatic heterocycles. The quantitative estimate of drug-likeness (QED) is 0.802. The molecule has 21 heavy (non-hydrogen) atoms. The van der Waals surface area contributed by atoms with Crippen molar-refractivity contribution in [2.24, 2.45) is 5.92 Å². The summed E-state index contributed by atoms with van der Waals surface area (Å²) in [7, 11) is 2.16. The van der Waals surface area contributed by atoms with Crippen molar-refractivity contribution in [3.05, 3.63) is 60.1 Å². The van der Waals surface area contributed by atoms with Crippen molar-refractivity contribution in [3.8, 4) is 0 Å². The highest BCUT2D eigenvalue weighted by Gasteiger charge is 2.19. The number of rotatable bonds is 8. The van der Waals surface area contributed by atoms with E-state index in [9.17, 15) is 0 Å². The van der Waals surface area contributed by atoms with Crippen LogP contribution in [0.4, 0.5) is 0 Å². The van der Waals surface area contributed by atoms with Crippen LogP contribution in [0.25, 0.3) is 0 Å². The zero-order valence-corrected chi connectivity index (χ0v) is 13.3. The summed E-state index contributed by atoms with van der Waals surface area (Å²) < 4.78 is 5.14. The van der Waals surface area contributed by atoms with E-state index >= 15 is 0 Å². The van der Waals surface area contributed by atoms with Gasteiger partial charge in [0.05, 0.1) is 12.5 Å². The molecule has 0 saturated carbocycles. The second kappa shape index (κ2) is 8.01. The lowest BCUT2D eigenvalue weighted by atomic mass is 9.94. The van der Waals surface area contributed by atoms with Crippen LogP contribution >= 0.6 is 0 Å². The zero-order chi connectivity index (χ0) is 15.1. The van der Waals surface area contributed by atoms with E-state index in [-0.39, 0.29) is 0 Å². The van der Waals surface area contributed by atoms with Crippen LogP contribution in [0.2, 0.25) is 0 Å². The number of furan rings is 1. The van der Waals surface area contributed by atoms with Gasteiger partial charge in [-0.25, -0.2) is 0 Å². The molecule has 2 atom stereocenters. The second-order valence-electron chi connectivity index (χ2n) is 5.75. The largest absolute Gasteiger partial charge is 0.472 e. The van der Waals surface area contributed by atoms with Gasteiger partial charge in [0.25, 0.3) is 0 Å². The molecule has 0 radical (unpaired) electrons. The molecule has 0 aliphatic carbocycles. The smallest absolute Gasteiger partial charge is 0.0947 e. The van der Waals surface area contributed by atoms with Crippen molar-refractivity contribution in [2.45, 2.75) is 26.4 Å². The summed E-state index contributed by atoms with van der Waals surface area (Å²) in [6.45, 7) is 7.42. The highest BCUT2D eigenvalue weighted by molar-refractivity contribution is 5.19. The van der Waals surface area contributed by atoms with Gasteiger partial charge in [0, 0.05) is 24.7 Å². The molecule has 1 aromatic carbocycles. The lowest BCUT2D eigenvalue weighted by Gasteiger charge is -2.29. The molecule has 2 aromatic rings. The Balaban J connectivity index is 1.96. The van der Waals surface area contributed by atoms with E-state index in [1.54, 1.807) is 6.26 Å². The van der Waals surface area contributed by atoms with Crippen molar-refractivity contribution < 1.29 is 4.42 Å². The molecule has 2 rings (SSSR count). The van der Waals surface area contributed by atoms with Gasteiger partial charge in [0.2, 0.25) is 0 Å². The minimum absolute atomic E-state index is 0.392. The fourth-order valence-corrected chi connectivity index (χ4v) is 2.88. The van der Waals surface area contributed by atoms with Crippen LogP contribution in [-0.2, 0) is 6.54 Å². The average Bonchev–Trinajstić information content (AvgIpc) is 2.98. The van der Waals surface area contributed by atoms with Crippen LogP contribution in [0.5, 0.6) is 0 Å². The third-order valence-corrected chi connectivity index (χ3v) is 3.78. The first-order valence-electron chi connectivity index (χ1n) is 7.68. The number of hydrogen-bond acceptors (Lipinski definition) is 3. The average molecular weight is 286 g/mol. The molecular weight excluding hydrogens is 260 g/mol. The van der Waals surface area contributed by atoms with Gasteiger partial charge in [-0.05, 0) is 31.1 Å². The Morgan fingerprint density at radius 1 is 1.19 bits per heavy atom. The molecule has 1 heterocycles. The van der Waals surface area contributed by atoms with E-state index < -0.39 is 0 Å². The third kappa shape index (κ3) is 4.73. The Morgan fingerprint density at radius 2 is 1.95 bits per heavy atom. The topological polar surface area (TPSA) is 28.4 Å². The Kier molecular flexibility index (Phi) is 6.03. The van der Waals surface area contributed by atoms with Crippen LogP contribution < -0.4 is 5.32 Å². The first-order valence-corrected chi connectivity index (χ1v) is 7.68. The van der Waals surface area contributed by atoms with E-state index in [1.165, 1.54) is 11.1 Å². The Labute approximate surface area is 128 Å². The summed E-state index contributed by atoms with van der Waals surface area (Å²) in [6.07, 6.45) is 3.55. The van der Waals surface area contributed by atoms with Gasteiger partial charge < -0.3 is 14.6 Å². The van der Waals surface area contributed by atoms with E-state index in [0.29, 0.717) is 12.0 Å². The van der Waals surface area contributed by atoms with E-state index in [1.807, 2.05) is 12.3 Å². The second-order valence-corrected chi connectivity index (χ2v) is 5.75. The molecule has 0 fully saturated rings. The Bertz CT molecular complexity index is 495. The van der Waals surface area contributed by atoms with Crippen molar-refractivity contribution in [2.75, 3.05) is 20.1 Å². The van der Waals surface area contributed by atoms with E-state index in [2.05, 4.69) is 61.4 Å². The molecular formula is C18H26N2O. The summed E-state index contributed by atoms with van der Waals surface area (Å²) in [6, 6.07) is 13.1. The van der Waals surface area contributed by atoms with E-state index in [0.717, 1.165) is 19.6 Å². The predicted molar refractivity (Wildman–Crippen MR) is 87.1 cm³/mol. The molecule has 0 spiro atoms. The molecule has 0 saturated heterocycles. The number of nitrogens with zero attached hydrogens (tertiary/aromatic N) is 1. The van der Waals surface area contributed by atoms with Gasteiger partial charge in [-0.15, -0.1) is 0 Å². The molecule has 1 aromatic heterocycles. The number of hydrogen-bond donors (Lipinski definition) is 1. The maximum Gasteiger partial charge on any atom is 0.0947 e. The van der Waals surface area contributed by atoms with Crippen molar-refractivity contribution in [3.63, 3.8) is 0 Å². The fraction of sp³-hybridized carbons (Fsp3) is 0.444. The zero-order valence-electron chi connectivity index (χ0n) is 13.3. The maximum absolute atomic E-state index is 5.14. The molecule has 2 unspecified atom stereocenters. The normalized spacial score (nSPS) is 14.3. The SMILES string of the molecule is CCNC(c1ccccc1)C(C)CN(C)Cc1ccoc1. The van der Waals surface area contributed by atoms with Crippen molar-refractivity contribution in [1.29, 1.82) is 0 Å². The minimum atomic E-state index is 0.392. The van der Waals surface area contributed by atoms with Crippen LogP contribution in [0, 0.1) is 5.92 Å². The lowest BCUT2D eigenvalue weighted by Crippen LogP contribution is -2.34. The molecule has 0 bridgehead atoms. The Morgan fingerprint density at radius 3 is 2.57 bits per heavy atom. The predicted octanol–water partition coefficient (Wildman–Crippen LogP) is 3.70. The third-order valence-electron chi connectivity index (χ3n) is 3.78. The monoisotopic (exact) mass is 286 g/mol. The van der Waals surface area contributed by atoms with Gasteiger partial charge >= 0.3 is 0 Å². The minimum Gasteiger partial charge on any atom is -0.472 e. The van der Waals surface area contributed by atoms with Crippen LogP contribution in [0.3, 0.4) is 0 Å². The van der Waals surface area contributed by atoms with Gasteiger partial charge in [-0.3, -0.25) is 0 Å². The molecule has 3 nitrogen and oxygen atoms in total. The molecule has 0 aliphatic rings. The molecule has 0 amide bonds. The van der Waals surface area contributed by atoms with Crippen LogP contribution in [0.1, 0.15) is 31.0 Å². The number of nitrogens with one attached hydrogen (secondary N) is 1. The van der Waals surface area contributed by atoms with E-state index in [4.69, 9.17) is 4.42 Å². The summed E-state index contributed by atoms with van der Waals surface area (Å²) in [4.78, 5) is 2.35. The standard InChI is InChI=1S/C18H26N2O/c1-4-19-18(17-8-6-5-7-9-17)15(2)12-20(3)13-16-10-11-21-14-16/h5-11,14-15,18-19H,4,12-13H2,1-3H3. The van der Waals surface area contributed by atoms with Crippen molar-refractivity contribution in [1.82, 2.24) is 10.2 Å². The molecule has 3 heteroatoms. The summed E-state index contributed by atoms with van der Waals surface area (Å²) in [5.74, 6) is 0.532. The maximum atomic E-state index is 5.14. The van der Waals surface area contributed by atoms with Crippen LogP contribution in [0.15, 0.2) is 53.3 Å². The van der Waals surface area contributed by atoms with Gasteiger partial charge in [-0.1, -0.05) is 44.2 Å². The Hall–Kier alpha value is -1.58. The van der Waals surface area contributed by atoms with Crippen LogP contribution in [-0.4, -0.2) is 25.0 Å². The lowest BCUT2D eigenvalue weighted by molar-refractivity contribution is 0.241. The molecule has 1 N–H and O–H groups in total. The highest BCUT2D eigenvalue weighted by Crippen LogP contribution is 2.22. The number of benzene rings is 1. The van der Waals surface area contributed by atoms with Crippen molar-refractivity contribution >= 4 is 0 Å². The van der Waals surface area contributed by atoms with Gasteiger partial charge in [-0.2, -0.15) is 0 Å². The fourth-order valence-electron chi connectivity index (χ4n) is 2.88. The van der Waals surface area contributed by atoms with Gasteiger partial charge in [0.15, 0.2) is 0 Å². The van der Waals surface area contributed by atoms with Gasteiger partial charge in [0.1, 0.15) is 0 Å². The molecule has 114 valence electrons.